The van der Waals surface area contributed by atoms with Crippen LogP contribution in [0.5, 0.6) is 0 Å². The lowest BCUT2D eigenvalue weighted by molar-refractivity contribution is 0.181. The topological polar surface area (TPSA) is 48.1 Å². The first kappa shape index (κ1) is 13.6. The molecule has 0 aliphatic rings. The number of ether oxygens (including phenoxy) is 1. The Labute approximate surface area is 117 Å². The molecule has 1 aromatic carbocycles. The molecule has 2 aromatic rings. The summed E-state index contributed by atoms with van der Waals surface area (Å²) in [5.74, 6) is -0.300. The number of halogens is 2. The first-order chi connectivity index (χ1) is 8.65. The van der Waals surface area contributed by atoms with Gasteiger partial charge in [0.2, 0.25) is 0 Å². The third kappa shape index (κ3) is 2.77. The van der Waals surface area contributed by atoms with E-state index in [0.717, 1.165) is 10.6 Å². The van der Waals surface area contributed by atoms with E-state index in [0.29, 0.717) is 28.2 Å². The van der Waals surface area contributed by atoms with Crippen molar-refractivity contribution in [1.82, 2.24) is 4.98 Å². The zero-order valence-electron chi connectivity index (χ0n) is 9.74. The van der Waals surface area contributed by atoms with Crippen molar-refractivity contribution in [1.29, 1.82) is 0 Å². The molecule has 0 atom stereocenters. The predicted molar refractivity (Wildman–Crippen MR) is 73.8 cm³/mol. The number of thiazole rings is 1. The Balaban J connectivity index is 2.44. The first-order valence-corrected chi connectivity index (χ1v) is 6.89. The molecule has 6 heteroatoms. The van der Waals surface area contributed by atoms with Gasteiger partial charge in [-0.05, 0) is 18.2 Å². The number of hydrogen-bond acceptors (Lipinski definition) is 4. The fourth-order valence-electron chi connectivity index (χ4n) is 1.57. The van der Waals surface area contributed by atoms with Gasteiger partial charge in [0.25, 0.3) is 0 Å². The number of hydrogen-bond donors (Lipinski definition) is 1. The van der Waals surface area contributed by atoms with Crippen LogP contribution in [-0.2, 0) is 17.9 Å². The van der Waals surface area contributed by atoms with Crippen LogP contribution in [0, 0.1) is 5.82 Å². The third-order valence-electron chi connectivity index (χ3n) is 2.41. The van der Waals surface area contributed by atoms with Crippen molar-refractivity contribution in [3.05, 3.63) is 39.1 Å². The summed E-state index contributed by atoms with van der Waals surface area (Å²) < 4.78 is 19.6. The summed E-state index contributed by atoms with van der Waals surface area (Å²) in [4.78, 5) is 5.31. The number of methoxy groups -OCH3 is 1. The van der Waals surface area contributed by atoms with Crippen LogP contribution in [0.4, 0.5) is 4.39 Å². The second-order valence-electron chi connectivity index (χ2n) is 3.65. The van der Waals surface area contributed by atoms with E-state index in [4.69, 9.17) is 10.5 Å². The maximum absolute atomic E-state index is 13.8. The third-order valence-corrected chi connectivity index (χ3v) is 4.05. The second-order valence-corrected chi connectivity index (χ2v) is 5.65. The average Bonchev–Trinajstić information content (AvgIpc) is 2.72. The minimum Gasteiger partial charge on any atom is -0.378 e. The van der Waals surface area contributed by atoms with Gasteiger partial charge in [0.15, 0.2) is 0 Å². The smallest absolute Gasteiger partial charge is 0.134 e. The molecule has 0 unspecified atom stereocenters. The number of nitrogens with two attached hydrogens (primary N) is 1. The summed E-state index contributed by atoms with van der Waals surface area (Å²) in [6, 6.07) is 4.92. The molecular weight excluding hydrogens is 319 g/mol. The molecule has 2 rings (SSSR count). The van der Waals surface area contributed by atoms with Crippen molar-refractivity contribution in [2.45, 2.75) is 13.2 Å². The number of rotatable bonds is 4. The molecule has 0 fully saturated rings. The van der Waals surface area contributed by atoms with Crippen LogP contribution < -0.4 is 5.73 Å². The number of aromatic nitrogens is 1. The SMILES string of the molecule is COCc1nc(-c2ccc(Br)cc2F)sc1CN. The lowest BCUT2D eigenvalue weighted by Crippen LogP contribution is -1.99. The summed E-state index contributed by atoms with van der Waals surface area (Å²) in [6.07, 6.45) is 0. The second kappa shape index (κ2) is 5.88. The molecule has 0 aliphatic carbocycles. The Hall–Kier alpha value is -0.820. The summed E-state index contributed by atoms with van der Waals surface area (Å²) in [5, 5.41) is 0.632. The van der Waals surface area contributed by atoms with Crippen LogP contribution in [0.25, 0.3) is 10.6 Å². The van der Waals surface area contributed by atoms with Crippen molar-refractivity contribution in [3.63, 3.8) is 0 Å². The molecule has 0 saturated heterocycles. The highest BCUT2D eigenvalue weighted by Gasteiger charge is 2.14. The molecule has 0 amide bonds. The van der Waals surface area contributed by atoms with Crippen LogP contribution in [0.1, 0.15) is 10.6 Å². The minimum atomic E-state index is -0.300. The van der Waals surface area contributed by atoms with E-state index in [9.17, 15) is 4.39 Å². The zero-order chi connectivity index (χ0) is 13.1. The van der Waals surface area contributed by atoms with Gasteiger partial charge in [0.05, 0.1) is 12.3 Å². The molecule has 18 heavy (non-hydrogen) atoms. The Morgan fingerprint density at radius 3 is 2.89 bits per heavy atom. The molecule has 0 saturated carbocycles. The van der Waals surface area contributed by atoms with Gasteiger partial charge in [-0.25, -0.2) is 9.37 Å². The van der Waals surface area contributed by atoms with Crippen LogP contribution in [0.3, 0.4) is 0 Å². The molecular formula is C12H12BrFN2OS. The van der Waals surface area contributed by atoms with Crippen molar-refractivity contribution in [2.24, 2.45) is 5.73 Å². The van der Waals surface area contributed by atoms with Gasteiger partial charge >= 0.3 is 0 Å². The molecule has 2 N–H and O–H groups in total. The van der Waals surface area contributed by atoms with Gasteiger partial charge in [0, 0.05) is 28.6 Å². The Kier molecular flexibility index (Phi) is 4.45. The van der Waals surface area contributed by atoms with E-state index in [1.54, 1.807) is 19.2 Å². The molecule has 0 aliphatic heterocycles. The molecule has 1 heterocycles. The maximum atomic E-state index is 13.8. The Morgan fingerprint density at radius 2 is 2.28 bits per heavy atom. The van der Waals surface area contributed by atoms with Gasteiger partial charge in [0.1, 0.15) is 10.8 Å². The highest BCUT2D eigenvalue weighted by atomic mass is 79.9. The van der Waals surface area contributed by atoms with Crippen LogP contribution in [0.15, 0.2) is 22.7 Å². The molecule has 96 valence electrons. The van der Waals surface area contributed by atoms with Gasteiger partial charge in [-0.15, -0.1) is 11.3 Å². The largest absolute Gasteiger partial charge is 0.378 e. The van der Waals surface area contributed by atoms with Gasteiger partial charge in [-0.1, -0.05) is 15.9 Å². The van der Waals surface area contributed by atoms with E-state index < -0.39 is 0 Å². The lowest BCUT2D eigenvalue weighted by atomic mass is 10.2. The standard InChI is InChI=1S/C12H12BrFN2OS/c1-17-6-10-11(5-15)18-12(16-10)8-3-2-7(13)4-9(8)14/h2-4H,5-6,15H2,1H3. The van der Waals surface area contributed by atoms with E-state index in [1.165, 1.54) is 17.4 Å². The van der Waals surface area contributed by atoms with Crippen LogP contribution in [-0.4, -0.2) is 12.1 Å². The molecule has 0 radical (unpaired) electrons. The highest BCUT2D eigenvalue weighted by Crippen LogP contribution is 2.31. The van der Waals surface area contributed by atoms with Crippen molar-refractivity contribution in [2.75, 3.05) is 7.11 Å². The monoisotopic (exact) mass is 330 g/mol. The molecule has 3 nitrogen and oxygen atoms in total. The highest BCUT2D eigenvalue weighted by molar-refractivity contribution is 9.10. The zero-order valence-corrected chi connectivity index (χ0v) is 12.1. The average molecular weight is 331 g/mol. The summed E-state index contributed by atoms with van der Waals surface area (Å²) in [5.41, 5.74) is 6.91. The summed E-state index contributed by atoms with van der Waals surface area (Å²) in [7, 11) is 1.60. The van der Waals surface area contributed by atoms with Gasteiger partial charge in [-0.2, -0.15) is 0 Å². The number of nitrogens with zero attached hydrogens (tertiary/aromatic N) is 1. The van der Waals surface area contributed by atoms with Crippen molar-refractivity contribution >= 4 is 27.3 Å². The minimum absolute atomic E-state index is 0.300. The van der Waals surface area contributed by atoms with E-state index in [2.05, 4.69) is 20.9 Å². The van der Waals surface area contributed by atoms with Crippen LogP contribution >= 0.6 is 27.3 Å². The van der Waals surface area contributed by atoms with E-state index in [-0.39, 0.29) is 5.82 Å². The first-order valence-electron chi connectivity index (χ1n) is 5.28. The number of benzene rings is 1. The van der Waals surface area contributed by atoms with Gasteiger partial charge in [-0.3, -0.25) is 0 Å². The Bertz CT molecular complexity index is 559. The molecule has 0 bridgehead atoms. The van der Waals surface area contributed by atoms with Crippen LogP contribution in [0.2, 0.25) is 0 Å². The molecule has 1 aromatic heterocycles. The summed E-state index contributed by atoms with van der Waals surface area (Å²) in [6.45, 7) is 0.773. The predicted octanol–water partition coefficient (Wildman–Crippen LogP) is 3.32. The summed E-state index contributed by atoms with van der Waals surface area (Å²) >= 11 is 4.63. The van der Waals surface area contributed by atoms with E-state index >= 15 is 0 Å². The quantitative estimate of drug-likeness (QED) is 0.935. The van der Waals surface area contributed by atoms with Crippen molar-refractivity contribution in [3.8, 4) is 10.6 Å². The fraction of sp³-hybridized carbons (Fsp3) is 0.250. The lowest BCUT2D eigenvalue weighted by Gasteiger charge is -1.99. The van der Waals surface area contributed by atoms with E-state index in [1.807, 2.05) is 0 Å². The van der Waals surface area contributed by atoms with Crippen molar-refractivity contribution < 1.29 is 9.13 Å². The molecule has 0 spiro atoms. The van der Waals surface area contributed by atoms with Gasteiger partial charge < -0.3 is 10.5 Å². The maximum Gasteiger partial charge on any atom is 0.134 e. The Morgan fingerprint density at radius 1 is 1.50 bits per heavy atom. The normalized spacial score (nSPS) is 10.9. The fourth-order valence-corrected chi connectivity index (χ4v) is 2.87.